The van der Waals surface area contributed by atoms with Gasteiger partial charge in [-0.1, -0.05) is 57.2 Å². The Labute approximate surface area is 491 Å². The summed E-state index contributed by atoms with van der Waals surface area (Å²) in [5, 5.41) is 16.2. The van der Waals surface area contributed by atoms with Crippen LogP contribution in [0.15, 0.2) is 66.9 Å². The Morgan fingerprint density at radius 3 is 1.73 bits per heavy atom. The van der Waals surface area contributed by atoms with Gasteiger partial charge in [-0.15, -0.1) is 0 Å². The minimum atomic E-state index is -1.58. The van der Waals surface area contributed by atoms with E-state index in [1.165, 1.54) is 27.3 Å². The molecule has 1 aromatic heterocycles. The van der Waals surface area contributed by atoms with Crippen molar-refractivity contribution in [2.75, 3.05) is 47.0 Å². The zero-order chi connectivity index (χ0) is 62.5. The zero-order valence-electron chi connectivity index (χ0n) is 51.2. The summed E-state index contributed by atoms with van der Waals surface area (Å²) >= 11 is 0. The molecule has 0 fully saturated rings. The molecule has 4 atom stereocenters. The zero-order valence-corrected chi connectivity index (χ0v) is 51.2. The van der Waals surface area contributed by atoms with Crippen molar-refractivity contribution in [3.63, 3.8) is 0 Å². The maximum atomic E-state index is 15.3. The van der Waals surface area contributed by atoms with Gasteiger partial charge < -0.3 is 65.2 Å². The van der Waals surface area contributed by atoms with Crippen LogP contribution in [-0.2, 0) is 50.0 Å². The monoisotopic (exact) mass is 1170 g/mol. The van der Waals surface area contributed by atoms with Crippen LogP contribution < -0.4 is 41.4 Å². The lowest BCUT2D eigenvalue weighted by Crippen LogP contribution is -2.55. The summed E-state index contributed by atoms with van der Waals surface area (Å²) in [7, 11) is 2.52. The summed E-state index contributed by atoms with van der Waals surface area (Å²) in [5.74, 6) is -3.09. The summed E-state index contributed by atoms with van der Waals surface area (Å²) in [6, 6.07) is 11.9. The van der Waals surface area contributed by atoms with Crippen LogP contribution in [0.3, 0.4) is 0 Å². The van der Waals surface area contributed by atoms with Crippen LogP contribution in [0.1, 0.15) is 135 Å². The van der Waals surface area contributed by atoms with Crippen molar-refractivity contribution < 1.29 is 66.8 Å². The maximum Gasteiger partial charge on any atom is 0.407 e. The lowest BCUT2D eigenvalue weighted by atomic mass is 9.87. The number of rotatable bonds is 17. The summed E-state index contributed by atoms with van der Waals surface area (Å²) in [6.07, 6.45) is -1.06. The molecule has 0 unspecified atom stereocenters. The predicted molar refractivity (Wildman–Crippen MR) is 313 cm³/mol. The third-order valence-electron chi connectivity index (χ3n) is 12.6. The molecular formula is C61H83N9O14. The number of ether oxygens (including phenoxy) is 6. The highest BCUT2D eigenvalue weighted by Gasteiger charge is 2.37. The molecule has 2 heterocycles. The summed E-state index contributed by atoms with van der Waals surface area (Å²) < 4.78 is 34.0. The SMILES string of the molecule is COC(=O)[C@@H]1Cc2ccc(OCCNC(=O)OC(C)(C)C)c(c2)-c2cc(ccc2OCCNC(=O)OC(C)(C)C)[C@H](N(C)C(=O)[C@H](CCNC(=O)OC(C)(C)C)NC(=O)c2cnc(-c3ccc(C(C)(C)C)cc3)nc2C)C(=O)N[C@@H](C)C(=O)N1. The Morgan fingerprint density at radius 1 is 0.690 bits per heavy atom. The molecule has 1 aliphatic heterocycles. The number of likely N-dealkylation sites (N-methyl/N-ethyl adjacent to an activating group) is 1. The number of hydrogen-bond acceptors (Lipinski definition) is 16. The molecule has 6 N–H and O–H groups in total. The van der Waals surface area contributed by atoms with Crippen molar-refractivity contribution in [2.24, 2.45) is 0 Å². The molecule has 0 radical (unpaired) electrons. The van der Waals surface area contributed by atoms with Gasteiger partial charge in [0.25, 0.3) is 5.91 Å². The molecule has 0 aliphatic carbocycles. The number of nitrogens with zero attached hydrogens (tertiary/aromatic N) is 3. The van der Waals surface area contributed by atoms with Gasteiger partial charge in [0.1, 0.15) is 65.7 Å². The Hall–Kier alpha value is -8.50. The van der Waals surface area contributed by atoms with E-state index in [0.717, 1.165) is 16.0 Å². The lowest BCUT2D eigenvalue weighted by Gasteiger charge is -2.33. The van der Waals surface area contributed by atoms with E-state index in [9.17, 15) is 28.8 Å². The lowest BCUT2D eigenvalue weighted by molar-refractivity contribution is -0.145. The number of carbonyl (C=O) groups excluding carboxylic acids is 8. The summed E-state index contributed by atoms with van der Waals surface area (Å²) in [4.78, 5) is 120. The second-order valence-electron chi connectivity index (χ2n) is 24.3. The third-order valence-corrected chi connectivity index (χ3v) is 12.6. The molecule has 1 aliphatic rings. The van der Waals surface area contributed by atoms with Crippen molar-refractivity contribution in [3.8, 4) is 34.0 Å². The highest BCUT2D eigenvalue weighted by atomic mass is 16.6. The molecule has 7 amide bonds. The molecular weight excluding hydrogens is 1080 g/mol. The van der Waals surface area contributed by atoms with Crippen molar-refractivity contribution in [3.05, 3.63) is 94.8 Å². The topological polar surface area (TPSA) is 293 Å². The Kier molecular flexibility index (Phi) is 22.2. The Balaban J connectivity index is 1.63. The van der Waals surface area contributed by atoms with Gasteiger partial charge in [0.15, 0.2) is 5.82 Å². The molecule has 0 saturated heterocycles. The molecule has 4 aromatic rings. The second-order valence-corrected chi connectivity index (χ2v) is 24.3. The van der Waals surface area contributed by atoms with Crippen LogP contribution in [0.4, 0.5) is 14.4 Å². The summed E-state index contributed by atoms with van der Waals surface area (Å²) in [6.45, 7) is 24.5. The molecule has 456 valence electrons. The molecule has 3 aromatic carbocycles. The number of benzene rings is 3. The molecule has 0 saturated carbocycles. The van der Waals surface area contributed by atoms with E-state index in [0.29, 0.717) is 28.2 Å². The first-order valence-electron chi connectivity index (χ1n) is 27.8. The van der Waals surface area contributed by atoms with E-state index < -0.39 is 88.8 Å². The van der Waals surface area contributed by atoms with Gasteiger partial charge in [-0.2, -0.15) is 0 Å². The molecule has 0 spiro atoms. The highest BCUT2D eigenvalue weighted by Crippen LogP contribution is 2.40. The quantitative estimate of drug-likeness (QED) is 0.0347. The number of aromatic nitrogens is 2. The number of carbonyl (C=O) groups is 8. The van der Waals surface area contributed by atoms with E-state index in [1.54, 1.807) is 106 Å². The van der Waals surface area contributed by atoms with E-state index in [4.69, 9.17) is 28.4 Å². The minimum absolute atomic E-state index is 0.00631. The average Bonchev–Trinajstić information content (AvgIpc) is 2.62. The highest BCUT2D eigenvalue weighted by molar-refractivity contribution is 6.00. The van der Waals surface area contributed by atoms with Gasteiger partial charge in [-0.05, 0) is 129 Å². The van der Waals surface area contributed by atoms with Crippen LogP contribution >= 0.6 is 0 Å². The predicted octanol–water partition coefficient (Wildman–Crippen LogP) is 7.16. The number of methoxy groups -OCH3 is 1. The largest absolute Gasteiger partial charge is 0.491 e. The number of amides is 7. The van der Waals surface area contributed by atoms with Crippen LogP contribution in [0.2, 0.25) is 0 Å². The van der Waals surface area contributed by atoms with Crippen LogP contribution in [0, 0.1) is 6.92 Å². The normalized spacial score (nSPS) is 16.0. The number of aryl methyl sites for hydroxylation is 1. The van der Waals surface area contributed by atoms with Crippen molar-refractivity contribution >= 4 is 47.9 Å². The van der Waals surface area contributed by atoms with Gasteiger partial charge in [0, 0.05) is 42.9 Å². The fourth-order valence-corrected chi connectivity index (χ4v) is 8.58. The van der Waals surface area contributed by atoms with Crippen molar-refractivity contribution in [2.45, 2.75) is 156 Å². The van der Waals surface area contributed by atoms with Gasteiger partial charge in [-0.25, -0.2) is 29.1 Å². The van der Waals surface area contributed by atoms with E-state index in [-0.39, 0.29) is 73.7 Å². The third kappa shape index (κ3) is 19.9. The van der Waals surface area contributed by atoms with Crippen molar-refractivity contribution in [1.29, 1.82) is 0 Å². The number of alkyl carbamates (subject to hydrolysis) is 3. The first-order valence-corrected chi connectivity index (χ1v) is 27.8. The summed E-state index contributed by atoms with van der Waals surface area (Å²) in [5.41, 5.74) is 1.06. The first kappa shape index (κ1) is 66.3. The maximum absolute atomic E-state index is 15.3. The van der Waals surface area contributed by atoms with Gasteiger partial charge in [-0.3, -0.25) is 19.2 Å². The molecule has 23 heteroatoms. The standard InChI is InChI=1S/C61H83N9O14/c1-35-43(34-65-49(66-35)38-18-21-40(22-19-38)58(3,4)5)51(72)68-44(25-26-62-55(76)82-59(6,7)8)53(74)70(15)48-39-20-24-47(81-30-28-64-57(78)84-61(12,13)14)42(33-39)41-31-37(17-23-46(41)80-29-27-63-56(77)83-60(9,10)11)32-45(54(75)79-16)69-50(71)36(2)67-52(48)73/h17-24,31,33-34,36,44-45,48H,25-30,32H2,1-16H3,(H,62,76)(H,63,77)(H,64,78)(H,67,73)(H,68,72)(H,69,71)/t36-,44-,45-,48-/m0/s1. The van der Waals surface area contributed by atoms with Crippen LogP contribution in [-0.4, -0.2) is 145 Å². The van der Waals surface area contributed by atoms with Gasteiger partial charge in [0.2, 0.25) is 17.7 Å². The van der Waals surface area contributed by atoms with E-state index >= 15 is 9.59 Å². The number of hydrogen-bond donors (Lipinski definition) is 6. The van der Waals surface area contributed by atoms with Crippen LogP contribution in [0.5, 0.6) is 11.5 Å². The first-order chi connectivity index (χ1) is 39.1. The minimum Gasteiger partial charge on any atom is -0.491 e. The number of nitrogens with one attached hydrogen (secondary N) is 6. The Bertz CT molecular complexity index is 3030. The van der Waals surface area contributed by atoms with Crippen molar-refractivity contribution in [1.82, 2.24) is 46.8 Å². The smallest absolute Gasteiger partial charge is 0.407 e. The fourth-order valence-electron chi connectivity index (χ4n) is 8.58. The number of esters is 1. The van der Waals surface area contributed by atoms with Gasteiger partial charge >= 0.3 is 24.2 Å². The average molecular weight is 1170 g/mol. The molecule has 23 nitrogen and oxygen atoms in total. The Morgan fingerprint density at radius 2 is 1.21 bits per heavy atom. The van der Waals surface area contributed by atoms with Gasteiger partial charge in [0.05, 0.1) is 31.5 Å². The molecule has 84 heavy (non-hydrogen) atoms. The molecule has 5 rings (SSSR count). The van der Waals surface area contributed by atoms with E-state index in [2.05, 4.69) is 62.6 Å². The van der Waals surface area contributed by atoms with Crippen LogP contribution in [0.25, 0.3) is 22.5 Å². The fraction of sp³-hybridized carbons (Fsp3) is 0.508. The second kappa shape index (κ2) is 28.2. The van der Waals surface area contributed by atoms with E-state index in [1.807, 2.05) is 24.3 Å². The number of fused-ring (bicyclic) bond motifs is 5. The molecule has 4 bridgehead atoms.